The molecule has 0 rings (SSSR count). The molecule has 0 heterocycles. The summed E-state index contributed by atoms with van der Waals surface area (Å²) < 4.78 is 0. The third-order valence-electron chi connectivity index (χ3n) is 2.22. The molecule has 0 N–H and O–H groups in total. The highest BCUT2D eigenvalue weighted by atomic mass is 16.2. The smallest absolute Gasteiger partial charge is 0.0822 e. The van der Waals surface area contributed by atoms with Gasteiger partial charge in [0.25, 0.3) is 0 Å². The monoisotopic (exact) mass is 181 g/mol. The van der Waals surface area contributed by atoms with Crippen molar-refractivity contribution in [2.75, 3.05) is 6.61 Å². The average molecular weight is 181 g/mol. The summed E-state index contributed by atoms with van der Waals surface area (Å²) in [4.78, 5) is 0. The maximum atomic E-state index is 10.1. The number of hydrogen-bond acceptors (Lipinski definition) is 0. The maximum Gasteiger partial charge on any atom is 0.0822 e. The summed E-state index contributed by atoms with van der Waals surface area (Å²) in [7, 11) is 0. The molecule has 0 bridgehead atoms. The second-order valence-electron chi connectivity index (χ2n) is 3.49. The first-order valence-electron chi connectivity index (χ1n) is 5.43. The molecule has 75 valence electrons. The first kappa shape index (κ1) is 12.5. The first-order chi connectivity index (χ1) is 6.41. The van der Waals surface area contributed by atoms with Crippen molar-refractivity contribution in [3.8, 4) is 12.3 Å². The molecule has 0 amide bonds. The minimum absolute atomic E-state index is 0.0994. The molecule has 1 heteroatoms. The van der Waals surface area contributed by atoms with Crippen LogP contribution in [0.15, 0.2) is 0 Å². The van der Waals surface area contributed by atoms with E-state index in [9.17, 15) is 5.11 Å². The van der Waals surface area contributed by atoms with E-state index in [-0.39, 0.29) is 6.61 Å². The quantitative estimate of drug-likeness (QED) is 0.383. The van der Waals surface area contributed by atoms with E-state index >= 15 is 0 Å². The van der Waals surface area contributed by atoms with Crippen LogP contribution in [0.1, 0.15) is 57.8 Å². The molecule has 0 aromatic rings. The Morgan fingerprint density at radius 2 is 1.23 bits per heavy atom. The number of hydrogen-bond donors (Lipinski definition) is 0. The molecular weight excluding hydrogens is 160 g/mol. The van der Waals surface area contributed by atoms with Gasteiger partial charge in [-0.2, -0.15) is 0 Å². The Morgan fingerprint density at radius 3 is 1.69 bits per heavy atom. The van der Waals surface area contributed by atoms with Crippen molar-refractivity contribution in [2.24, 2.45) is 0 Å². The lowest BCUT2D eigenvalue weighted by Gasteiger charge is -1.99. The van der Waals surface area contributed by atoms with Crippen LogP contribution in [-0.2, 0) is 5.11 Å². The Labute approximate surface area is 82.5 Å². The van der Waals surface area contributed by atoms with Gasteiger partial charge < -0.3 is 0 Å². The second-order valence-corrected chi connectivity index (χ2v) is 3.49. The highest BCUT2D eigenvalue weighted by Gasteiger charge is 1.91. The van der Waals surface area contributed by atoms with Crippen molar-refractivity contribution in [1.82, 2.24) is 0 Å². The van der Waals surface area contributed by atoms with Crippen molar-refractivity contribution in [2.45, 2.75) is 57.8 Å². The molecule has 0 aromatic heterocycles. The van der Waals surface area contributed by atoms with E-state index < -0.39 is 0 Å². The number of terminal acetylenes is 1. The fourth-order valence-electron chi connectivity index (χ4n) is 1.39. The van der Waals surface area contributed by atoms with E-state index in [0.717, 1.165) is 19.3 Å². The van der Waals surface area contributed by atoms with Gasteiger partial charge in [-0.25, -0.2) is 5.11 Å². The molecule has 0 saturated heterocycles. The molecule has 13 heavy (non-hydrogen) atoms. The Hall–Kier alpha value is -0.480. The topological polar surface area (TPSA) is 19.9 Å². The van der Waals surface area contributed by atoms with Crippen LogP contribution in [0, 0.1) is 12.3 Å². The minimum atomic E-state index is 0.0994. The molecule has 0 unspecified atom stereocenters. The molecule has 0 atom stereocenters. The van der Waals surface area contributed by atoms with Crippen molar-refractivity contribution >= 4 is 0 Å². The lowest BCUT2D eigenvalue weighted by molar-refractivity contribution is 0.186. The fraction of sp³-hybridized carbons (Fsp3) is 0.833. The number of rotatable bonds is 9. The van der Waals surface area contributed by atoms with Gasteiger partial charge in [0.1, 0.15) is 0 Å². The first-order valence-corrected chi connectivity index (χ1v) is 5.43. The highest BCUT2D eigenvalue weighted by Crippen LogP contribution is 2.08. The van der Waals surface area contributed by atoms with E-state index in [4.69, 9.17) is 6.42 Å². The molecule has 0 aliphatic heterocycles. The summed E-state index contributed by atoms with van der Waals surface area (Å²) in [6, 6.07) is 0. The Bertz CT molecular complexity index is 124. The van der Waals surface area contributed by atoms with Crippen LogP contribution >= 0.6 is 0 Å². The summed E-state index contributed by atoms with van der Waals surface area (Å²) in [5.74, 6) is 2.65. The molecule has 1 radical (unpaired) electrons. The highest BCUT2D eigenvalue weighted by molar-refractivity contribution is 4.82. The van der Waals surface area contributed by atoms with Crippen LogP contribution in [0.4, 0.5) is 0 Å². The Morgan fingerprint density at radius 1 is 0.769 bits per heavy atom. The summed E-state index contributed by atoms with van der Waals surface area (Å²) >= 11 is 0. The van der Waals surface area contributed by atoms with E-state index in [1.165, 1.54) is 38.5 Å². The van der Waals surface area contributed by atoms with E-state index in [2.05, 4.69) is 5.92 Å². The van der Waals surface area contributed by atoms with E-state index in [0.29, 0.717) is 0 Å². The summed E-state index contributed by atoms with van der Waals surface area (Å²) in [6.07, 6.45) is 15.6. The SMILES string of the molecule is C#CCCCCCCCCCC[O]. The fourth-order valence-corrected chi connectivity index (χ4v) is 1.39. The summed E-state index contributed by atoms with van der Waals surface area (Å²) in [5, 5.41) is 10.1. The zero-order valence-electron chi connectivity index (χ0n) is 8.56. The van der Waals surface area contributed by atoms with Gasteiger partial charge in [-0.05, 0) is 12.8 Å². The Kier molecular flexibility index (Phi) is 11.1. The molecular formula is C12H21O. The summed E-state index contributed by atoms with van der Waals surface area (Å²) in [5.41, 5.74) is 0. The zero-order valence-corrected chi connectivity index (χ0v) is 8.56. The van der Waals surface area contributed by atoms with Gasteiger partial charge in [0, 0.05) is 6.42 Å². The summed E-state index contributed by atoms with van der Waals surface area (Å²) in [6.45, 7) is 0.0994. The molecule has 0 fully saturated rings. The van der Waals surface area contributed by atoms with Crippen molar-refractivity contribution in [3.05, 3.63) is 0 Å². The third-order valence-corrected chi connectivity index (χ3v) is 2.22. The molecule has 0 spiro atoms. The van der Waals surface area contributed by atoms with Gasteiger partial charge in [0.2, 0.25) is 0 Å². The van der Waals surface area contributed by atoms with Gasteiger partial charge in [-0.1, -0.05) is 38.5 Å². The molecule has 1 nitrogen and oxygen atoms in total. The predicted molar refractivity (Wildman–Crippen MR) is 55.9 cm³/mol. The van der Waals surface area contributed by atoms with Crippen molar-refractivity contribution in [3.63, 3.8) is 0 Å². The third kappa shape index (κ3) is 11.5. The second kappa shape index (κ2) is 11.5. The minimum Gasteiger partial charge on any atom is -0.237 e. The largest absolute Gasteiger partial charge is 0.237 e. The van der Waals surface area contributed by atoms with Crippen molar-refractivity contribution < 1.29 is 5.11 Å². The molecule has 0 saturated carbocycles. The van der Waals surface area contributed by atoms with Crippen LogP contribution in [0.3, 0.4) is 0 Å². The Balaban J connectivity index is 2.80. The van der Waals surface area contributed by atoms with Gasteiger partial charge in [0.05, 0.1) is 6.61 Å². The van der Waals surface area contributed by atoms with Crippen LogP contribution in [0.5, 0.6) is 0 Å². The van der Waals surface area contributed by atoms with Gasteiger partial charge in [0.15, 0.2) is 0 Å². The van der Waals surface area contributed by atoms with Crippen molar-refractivity contribution in [1.29, 1.82) is 0 Å². The molecule has 0 aliphatic rings. The van der Waals surface area contributed by atoms with Gasteiger partial charge in [-0.3, -0.25) is 0 Å². The average Bonchev–Trinajstić information content (AvgIpc) is 2.16. The molecule has 0 aliphatic carbocycles. The van der Waals surface area contributed by atoms with E-state index in [1.54, 1.807) is 0 Å². The lowest BCUT2D eigenvalue weighted by atomic mass is 10.1. The molecule has 0 aromatic carbocycles. The van der Waals surface area contributed by atoms with Crippen LogP contribution < -0.4 is 0 Å². The standard InChI is InChI=1S/C12H21O/c1-2-3-4-5-6-7-8-9-10-11-12-13/h1H,3-12H2. The predicted octanol–water partition coefficient (Wildman–Crippen LogP) is 3.56. The maximum absolute atomic E-state index is 10.1. The van der Waals surface area contributed by atoms with Gasteiger partial charge >= 0.3 is 0 Å². The van der Waals surface area contributed by atoms with Gasteiger partial charge in [-0.15, -0.1) is 12.3 Å². The lowest BCUT2D eigenvalue weighted by Crippen LogP contribution is -1.83. The number of unbranched alkanes of at least 4 members (excludes halogenated alkanes) is 8. The zero-order chi connectivity index (χ0) is 9.78. The van der Waals surface area contributed by atoms with E-state index in [1.807, 2.05) is 0 Å². The van der Waals surface area contributed by atoms with Crippen LogP contribution in [-0.4, -0.2) is 6.61 Å². The van der Waals surface area contributed by atoms with Crippen LogP contribution in [0.2, 0.25) is 0 Å². The normalized spacial score (nSPS) is 9.85. The van der Waals surface area contributed by atoms with Crippen LogP contribution in [0.25, 0.3) is 0 Å².